The minimum absolute atomic E-state index is 0.0501. The Morgan fingerprint density at radius 2 is 1.42 bits per heavy atom. The van der Waals surface area contributed by atoms with Gasteiger partial charge >= 0.3 is 0 Å². The molecule has 7 nitrogen and oxygen atoms in total. The van der Waals surface area contributed by atoms with Crippen molar-refractivity contribution in [2.75, 3.05) is 49.5 Å². The summed E-state index contributed by atoms with van der Waals surface area (Å²) in [5.74, 6) is -0.271. The molecule has 0 radical (unpaired) electrons. The van der Waals surface area contributed by atoms with Gasteiger partial charge in [-0.15, -0.1) is 11.8 Å². The Morgan fingerprint density at radius 1 is 0.788 bits per heavy atom. The van der Waals surface area contributed by atoms with Crippen LogP contribution < -0.4 is 10.2 Å². The highest BCUT2D eigenvalue weighted by Crippen LogP contribution is 2.36. The summed E-state index contributed by atoms with van der Waals surface area (Å²) in [5, 5.41) is 2.08. The van der Waals surface area contributed by atoms with E-state index in [1.807, 2.05) is 47.4 Å². The van der Waals surface area contributed by atoms with Gasteiger partial charge in [0.25, 0.3) is 0 Å². The number of carbonyl (C=O) groups excluding carboxylic acids is 3. The second kappa shape index (κ2) is 9.47. The first-order chi connectivity index (χ1) is 16.1. The highest BCUT2D eigenvalue weighted by molar-refractivity contribution is 8.01. The average molecular weight is 465 g/mol. The van der Waals surface area contributed by atoms with Crippen LogP contribution in [0.4, 0.5) is 11.4 Å². The van der Waals surface area contributed by atoms with Crippen molar-refractivity contribution in [1.29, 1.82) is 0 Å². The van der Waals surface area contributed by atoms with Gasteiger partial charge in [0, 0.05) is 55.8 Å². The number of piperazine rings is 1. The number of hydrogen-bond donors (Lipinski definition) is 1. The maximum absolute atomic E-state index is 13.1. The monoisotopic (exact) mass is 464 g/mol. The van der Waals surface area contributed by atoms with Crippen molar-refractivity contribution in [3.8, 4) is 0 Å². The summed E-state index contributed by atoms with van der Waals surface area (Å²) in [5.41, 5.74) is 1.96. The maximum Gasteiger partial charge on any atom is 0.247 e. The van der Waals surface area contributed by atoms with E-state index in [1.54, 1.807) is 4.90 Å². The van der Waals surface area contributed by atoms with E-state index in [1.165, 1.54) is 17.4 Å². The van der Waals surface area contributed by atoms with Crippen LogP contribution in [0, 0.1) is 5.92 Å². The van der Waals surface area contributed by atoms with Crippen molar-refractivity contribution < 1.29 is 14.4 Å². The predicted octanol–water partition coefficient (Wildman–Crippen LogP) is 2.69. The van der Waals surface area contributed by atoms with Gasteiger partial charge in [0.2, 0.25) is 17.7 Å². The van der Waals surface area contributed by atoms with Crippen LogP contribution in [0.25, 0.3) is 0 Å². The molecule has 8 heteroatoms. The fraction of sp³-hybridized carbons (Fsp3) is 0.400. The lowest BCUT2D eigenvalue weighted by atomic mass is 9.94. The summed E-state index contributed by atoms with van der Waals surface area (Å²) in [4.78, 5) is 45.6. The standard InChI is InChI=1S/C25H28N4O3S/c30-23-22(33-21-9-5-4-8-20(21)26-23)25(32)28-12-10-18(11-13-28)24(31)29-16-14-27(15-17-29)19-6-2-1-3-7-19/h1-9,18,22H,10-17H2,(H,26,30)/t22-/m1/s1. The smallest absolute Gasteiger partial charge is 0.247 e. The number of anilines is 2. The summed E-state index contributed by atoms with van der Waals surface area (Å²) >= 11 is 1.31. The molecule has 0 spiro atoms. The van der Waals surface area contributed by atoms with Crippen LogP contribution in [-0.2, 0) is 14.4 Å². The molecule has 2 aromatic carbocycles. The minimum atomic E-state index is -0.766. The van der Waals surface area contributed by atoms with Crippen molar-refractivity contribution in [3.63, 3.8) is 0 Å². The zero-order valence-corrected chi connectivity index (χ0v) is 19.3. The second-order valence-electron chi connectivity index (χ2n) is 8.73. The molecule has 0 bridgehead atoms. The number of amides is 3. The van der Waals surface area contributed by atoms with Gasteiger partial charge in [0.05, 0.1) is 5.69 Å². The Balaban J connectivity index is 1.13. The zero-order valence-electron chi connectivity index (χ0n) is 18.5. The van der Waals surface area contributed by atoms with Crippen LogP contribution in [0.5, 0.6) is 0 Å². The van der Waals surface area contributed by atoms with E-state index in [2.05, 4.69) is 22.3 Å². The lowest BCUT2D eigenvalue weighted by Gasteiger charge is -2.39. The lowest BCUT2D eigenvalue weighted by molar-refractivity contribution is -0.141. The quantitative estimate of drug-likeness (QED) is 0.707. The molecule has 2 saturated heterocycles. The molecular weight excluding hydrogens is 436 g/mol. The Bertz CT molecular complexity index is 1030. The van der Waals surface area contributed by atoms with Crippen LogP contribution in [0.2, 0.25) is 0 Å². The van der Waals surface area contributed by atoms with Crippen molar-refractivity contribution in [3.05, 3.63) is 54.6 Å². The molecular formula is C25H28N4O3S. The number of likely N-dealkylation sites (tertiary alicyclic amines) is 1. The molecule has 3 aliphatic heterocycles. The number of fused-ring (bicyclic) bond motifs is 1. The Labute approximate surface area is 198 Å². The van der Waals surface area contributed by atoms with E-state index >= 15 is 0 Å². The van der Waals surface area contributed by atoms with Crippen molar-refractivity contribution in [2.24, 2.45) is 5.92 Å². The van der Waals surface area contributed by atoms with Crippen LogP contribution in [0.1, 0.15) is 12.8 Å². The second-order valence-corrected chi connectivity index (χ2v) is 9.88. The number of nitrogens with zero attached hydrogens (tertiary/aromatic N) is 3. The van der Waals surface area contributed by atoms with Crippen LogP contribution in [0.15, 0.2) is 59.5 Å². The van der Waals surface area contributed by atoms with E-state index in [-0.39, 0.29) is 23.6 Å². The summed E-state index contributed by atoms with van der Waals surface area (Å²) in [6.45, 7) is 4.16. The fourth-order valence-electron chi connectivity index (χ4n) is 4.81. The van der Waals surface area contributed by atoms with E-state index in [0.29, 0.717) is 25.9 Å². The number of carbonyl (C=O) groups is 3. The van der Waals surface area contributed by atoms with Crippen LogP contribution in [-0.4, -0.2) is 72.0 Å². The number of rotatable bonds is 3. The third-order valence-electron chi connectivity index (χ3n) is 6.72. The topological polar surface area (TPSA) is 73.0 Å². The molecule has 2 fully saturated rings. The van der Waals surface area contributed by atoms with E-state index in [9.17, 15) is 14.4 Å². The highest BCUT2D eigenvalue weighted by Gasteiger charge is 2.38. The number of thioether (sulfide) groups is 1. The molecule has 33 heavy (non-hydrogen) atoms. The molecule has 1 N–H and O–H groups in total. The third kappa shape index (κ3) is 4.57. The summed E-state index contributed by atoms with van der Waals surface area (Å²) in [6.07, 6.45) is 1.30. The predicted molar refractivity (Wildman–Crippen MR) is 129 cm³/mol. The normalized spacial score (nSPS) is 21.4. The molecule has 172 valence electrons. The lowest BCUT2D eigenvalue weighted by Crippen LogP contribution is -2.53. The molecule has 1 atom stereocenters. The molecule has 5 rings (SSSR count). The molecule has 3 heterocycles. The first kappa shape index (κ1) is 21.8. The van der Waals surface area contributed by atoms with Crippen LogP contribution >= 0.6 is 11.8 Å². The van der Waals surface area contributed by atoms with E-state index in [0.717, 1.165) is 36.8 Å². The number of benzene rings is 2. The molecule has 0 aliphatic carbocycles. The van der Waals surface area contributed by atoms with Gasteiger partial charge in [-0.3, -0.25) is 14.4 Å². The number of hydrogen-bond acceptors (Lipinski definition) is 5. The number of para-hydroxylation sites is 2. The maximum atomic E-state index is 13.1. The summed E-state index contributed by atoms with van der Waals surface area (Å²) in [6, 6.07) is 17.8. The van der Waals surface area contributed by atoms with Gasteiger partial charge < -0.3 is 20.0 Å². The van der Waals surface area contributed by atoms with Gasteiger partial charge in [-0.1, -0.05) is 30.3 Å². The molecule has 2 aromatic rings. The Morgan fingerprint density at radius 3 is 2.15 bits per heavy atom. The summed E-state index contributed by atoms with van der Waals surface area (Å²) in [7, 11) is 0. The largest absolute Gasteiger partial charge is 0.368 e. The van der Waals surface area contributed by atoms with E-state index in [4.69, 9.17) is 0 Å². The van der Waals surface area contributed by atoms with Crippen molar-refractivity contribution in [1.82, 2.24) is 9.80 Å². The van der Waals surface area contributed by atoms with E-state index < -0.39 is 5.25 Å². The molecule has 3 aliphatic rings. The van der Waals surface area contributed by atoms with Crippen molar-refractivity contribution in [2.45, 2.75) is 23.0 Å². The minimum Gasteiger partial charge on any atom is -0.368 e. The SMILES string of the molecule is O=C1Nc2ccccc2S[C@H]1C(=O)N1CCC(C(=O)N2CCN(c3ccccc3)CC2)CC1. The molecule has 3 amide bonds. The zero-order chi connectivity index (χ0) is 22.8. The first-order valence-corrected chi connectivity index (χ1v) is 12.4. The third-order valence-corrected chi connectivity index (χ3v) is 7.98. The van der Waals surface area contributed by atoms with Crippen LogP contribution in [0.3, 0.4) is 0 Å². The first-order valence-electron chi connectivity index (χ1n) is 11.5. The van der Waals surface area contributed by atoms with Crippen molar-refractivity contribution >= 4 is 40.9 Å². The molecule has 0 unspecified atom stereocenters. The number of piperidine rings is 1. The molecule has 0 saturated carbocycles. The number of nitrogens with one attached hydrogen (secondary N) is 1. The molecule has 0 aromatic heterocycles. The highest BCUT2D eigenvalue weighted by atomic mass is 32.2. The van der Waals surface area contributed by atoms with Gasteiger partial charge in [0.15, 0.2) is 5.25 Å². The van der Waals surface area contributed by atoms with Gasteiger partial charge in [-0.2, -0.15) is 0 Å². The Kier molecular flexibility index (Phi) is 6.26. The van der Waals surface area contributed by atoms with Gasteiger partial charge in [0.1, 0.15) is 0 Å². The average Bonchev–Trinajstić information content (AvgIpc) is 2.88. The fourth-order valence-corrected chi connectivity index (χ4v) is 5.88. The van der Waals surface area contributed by atoms with Gasteiger partial charge in [-0.25, -0.2) is 0 Å². The van der Waals surface area contributed by atoms with Gasteiger partial charge in [-0.05, 0) is 37.1 Å². The summed E-state index contributed by atoms with van der Waals surface area (Å²) < 4.78 is 0. The Hall–Kier alpha value is -3.00.